The topological polar surface area (TPSA) is 26.0 Å². The van der Waals surface area contributed by atoms with Gasteiger partial charge in [-0.25, -0.2) is 0 Å². The number of hydrogen-bond acceptors (Lipinski definition) is 1. The van der Waals surface area contributed by atoms with Gasteiger partial charge in [-0.1, -0.05) is 0 Å². The SMILES string of the molecule is NCC1CCC2CCC23CCC13. The van der Waals surface area contributed by atoms with E-state index < -0.39 is 0 Å². The van der Waals surface area contributed by atoms with E-state index >= 15 is 0 Å². The Bertz CT molecular complexity index is 197. The van der Waals surface area contributed by atoms with Gasteiger partial charge in [-0.15, -0.1) is 0 Å². The molecule has 0 aromatic rings. The molecule has 68 valence electrons. The molecule has 2 N–H and O–H groups in total. The van der Waals surface area contributed by atoms with Gasteiger partial charge in [-0.3, -0.25) is 0 Å². The lowest BCUT2D eigenvalue weighted by atomic mass is 9.38. The monoisotopic (exact) mass is 165 g/mol. The molecule has 3 aliphatic carbocycles. The highest BCUT2D eigenvalue weighted by atomic mass is 14.7. The van der Waals surface area contributed by atoms with Crippen LogP contribution in [0.1, 0.15) is 38.5 Å². The van der Waals surface area contributed by atoms with Crippen LogP contribution in [0.15, 0.2) is 0 Å². The van der Waals surface area contributed by atoms with Crippen molar-refractivity contribution in [3.63, 3.8) is 0 Å². The van der Waals surface area contributed by atoms with Crippen molar-refractivity contribution in [2.45, 2.75) is 38.5 Å². The zero-order chi connectivity index (χ0) is 8.18. The Labute approximate surface area is 74.7 Å². The van der Waals surface area contributed by atoms with Crippen LogP contribution < -0.4 is 5.73 Å². The maximum absolute atomic E-state index is 5.82. The molecule has 3 rings (SSSR count). The maximum atomic E-state index is 5.82. The molecule has 1 heteroatoms. The summed E-state index contributed by atoms with van der Waals surface area (Å²) >= 11 is 0. The van der Waals surface area contributed by atoms with E-state index in [4.69, 9.17) is 5.73 Å². The van der Waals surface area contributed by atoms with Crippen LogP contribution in [0.25, 0.3) is 0 Å². The molecule has 0 heterocycles. The van der Waals surface area contributed by atoms with Crippen LogP contribution in [0.5, 0.6) is 0 Å². The van der Waals surface area contributed by atoms with Crippen LogP contribution in [0.4, 0.5) is 0 Å². The van der Waals surface area contributed by atoms with Gasteiger partial charge in [0.1, 0.15) is 0 Å². The minimum absolute atomic E-state index is 0.849. The Kier molecular flexibility index (Phi) is 1.39. The Morgan fingerprint density at radius 2 is 1.92 bits per heavy atom. The Morgan fingerprint density at radius 1 is 1.08 bits per heavy atom. The normalized spacial score (nSPS) is 56.2. The van der Waals surface area contributed by atoms with Gasteiger partial charge in [0.2, 0.25) is 0 Å². The lowest BCUT2D eigenvalue weighted by Gasteiger charge is -2.66. The maximum Gasteiger partial charge on any atom is -0.00460 e. The highest BCUT2D eigenvalue weighted by Gasteiger charge is 2.60. The lowest BCUT2D eigenvalue weighted by molar-refractivity contribution is -0.166. The molecule has 12 heavy (non-hydrogen) atoms. The van der Waals surface area contributed by atoms with Crippen molar-refractivity contribution in [3.05, 3.63) is 0 Å². The first-order valence-corrected chi connectivity index (χ1v) is 5.57. The fourth-order valence-electron chi connectivity index (χ4n) is 4.25. The van der Waals surface area contributed by atoms with Gasteiger partial charge in [0.15, 0.2) is 0 Å². The van der Waals surface area contributed by atoms with E-state index in [2.05, 4.69) is 0 Å². The molecule has 4 unspecified atom stereocenters. The quantitative estimate of drug-likeness (QED) is 0.633. The summed E-state index contributed by atoms with van der Waals surface area (Å²) in [6.07, 6.45) is 9.05. The summed E-state index contributed by atoms with van der Waals surface area (Å²) in [6, 6.07) is 0. The van der Waals surface area contributed by atoms with E-state index in [1.807, 2.05) is 0 Å². The minimum Gasteiger partial charge on any atom is -0.330 e. The van der Waals surface area contributed by atoms with E-state index in [0.29, 0.717) is 0 Å². The summed E-state index contributed by atoms with van der Waals surface area (Å²) in [5, 5.41) is 0. The molecule has 3 saturated carbocycles. The third-order valence-corrected chi connectivity index (χ3v) is 5.19. The van der Waals surface area contributed by atoms with Crippen molar-refractivity contribution in [3.8, 4) is 0 Å². The van der Waals surface area contributed by atoms with Crippen molar-refractivity contribution in [1.29, 1.82) is 0 Å². The smallest absolute Gasteiger partial charge is 0.00460 e. The number of hydrogen-bond donors (Lipinski definition) is 1. The Morgan fingerprint density at radius 3 is 2.42 bits per heavy atom. The van der Waals surface area contributed by atoms with E-state index in [1.54, 1.807) is 12.8 Å². The van der Waals surface area contributed by atoms with E-state index in [9.17, 15) is 0 Å². The van der Waals surface area contributed by atoms with Gasteiger partial charge >= 0.3 is 0 Å². The van der Waals surface area contributed by atoms with Crippen molar-refractivity contribution in [2.24, 2.45) is 28.9 Å². The van der Waals surface area contributed by atoms with E-state index in [-0.39, 0.29) is 0 Å². The zero-order valence-corrected chi connectivity index (χ0v) is 7.76. The van der Waals surface area contributed by atoms with E-state index in [0.717, 1.165) is 29.7 Å². The summed E-state index contributed by atoms with van der Waals surface area (Å²) in [5.41, 5.74) is 6.67. The van der Waals surface area contributed by atoms with Gasteiger partial charge in [0.25, 0.3) is 0 Å². The molecular formula is C11H19N. The second kappa shape index (κ2) is 2.25. The third-order valence-electron chi connectivity index (χ3n) is 5.19. The van der Waals surface area contributed by atoms with Crippen molar-refractivity contribution in [1.82, 2.24) is 0 Å². The molecule has 1 spiro atoms. The Hall–Kier alpha value is -0.0400. The molecule has 0 aromatic heterocycles. The fourth-order valence-corrected chi connectivity index (χ4v) is 4.25. The number of nitrogens with two attached hydrogens (primary N) is 1. The Balaban J connectivity index is 1.82. The predicted molar refractivity (Wildman–Crippen MR) is 49.7 cm³/mol. The van der Waals surface area contributed by atoms with Crippen molar-refractivity contribution >= 4 is 0 Å². The standard InChI is InChI=1S/C11H19N/c12-7-8-1-2-9-3-5-11(9)6-4-10(8)11/h8-10H,1-7,12H2. The van der Waals surface area contributed by atoms with Gasteiger partial charge in [-0.2, -0.15) is 0 Å². The van der Waals surface area contributed by atoms with Crippen LogP contribution in [0, 0.1) is 23.2 Å². The van der Waals surface area contributed by atoms with Crippen LogP contribution in [0.2, 0.25) is 0 Å². The molecule has 0 radical (unpaired) electrons. The second-order valence-electron chi connectivity index (χ2n) is 5.19. The van der Waals surface area contributed by atoms with Crippen molar-refractivity contribution in [2.75, 3.05) is 6.54 Å². The average molecular weight is 165 g/mol. The van der Waals surface area contributed by atoms with Gasteiger partial charge < -0.3 is 5.73 Å². The summed E-state index contributed by atoms with van der Waals surface area (Å²) in [4.78, 5) is 0. The van der Waals surface area contributed by atoms with Gasteiger partial charge in [0.05, 0.1) is 0 Å². The lowest BCUT2D eigenvalue weighted by Crippen LogP contribution is -2.59. The van der Waals surface area contributed by atoms with Crippen molar-refractivity contribution < 1.29 is 0 Å². The molecule has 3 fully saturated rings. The van der Waals surface area contributed by atoms with Crippen LogP contribution in [0.3, 0.4) is 0 Å². The first-order chi connectivity index (χ1) is 5.87. The largest absolute Gasteiger partial charge is 0.330 e. The first kappa shape index (κ1) is 7.37. The summed E-state index contributed by atoms with van der Waals surface area (Å²) in [7, 11) is 0. The minimum atomic E-state index is 0.849. The average Bonchev–Trinajstić information content (AvgIpc) is 1.96. The van der Waals surface area contributed by atoms with Crippen LogP contribution in [-0.4, -0.2) is 6.54 Å². The third kappa shape index (κ3) is 0.654. The van der Waals surface area contributed by atoms with Gasteiger partial charge in [0, 0.05) is 0 Å². The summed E-state index contributed by atoms with van der Waals surface area (Å²) in [5.74, 6) is 3.07. The second-order valence-corrected chi connectivity index (χ2v) is 5.19. The predicted octanol–water partition coefficient (Wildman–Crippen LogP) is 2.16. The van der Waals surface area contributed by atoms with Crippen LogP contribution >= 0.6 is 0 Å². The number of rotatable bonds is 1. The molecule has 0 bridgehead atoms. The zero-order valence-electron chi connectivity index (χ0n) is 7.76. The molecule has 0 saturated heterocycles. The fraction of sp³-hybridized carbons (Fsp3) is 1.00. The summed E-state index contributed by atoms with van der Waals surface area (Å²) in [6.45, 7) is 0.957. The highest BCUT2D eigenvalue weighted by Crippen LogP contribution is 2.69. The molecule has 1 nitrogen and oxygen atoms in total. The molecule has 0 aromatic carbocycles. The molecular weight excluding hydrogens is 146 g/mol. The highest BCUT2D eigenvalue weighted by molar-refractivity contribution is 5.10. The molecule has 3 aliphatic rings. The summed E-state index contributed by atoms with van der Waals surface area (Å²) < 4.78 is 0. The molecule has 0 aliphatic heterocycles. The molecule has 4 atom stereocenters. The van der Waals surface area contributed by atoms with Crippen LogP contribution in [-0.2, 0) is 0 Å². The molecule has 0 amide bonds. The van der Waals surface area contributed by atoms with Gasteiger partial charge in [-0.05, 0) is 68.2 Å². The first-order valence-electron chi connectivity index (χ1n) is 5.57. The van der Waals surface area contributed by atoms with E-state index in [1.165, 1.54) is 25.7 Å².